The zero-order valence-corrected chi connectivity index (χ0v) is 13.8. The highest BCUT2D eigenvalue weighted by Gasteiger charge is 2.43. The number of aliphatic hydroxyl groups is 1. The van der Waals surface area contributed by atoms with Crippen molar-refractivity contribution in [2.45, 2.75) is 64.9 Å². The van der Waals surface area contributed by atoms with E-state index >= 15 is 0 Å². The van der Waals surface area contributed by atoms with Crippen LogP contribution in [0.25, 0.3) is 0 Å². The molecular weight excluding hydrogens is 266 g/mol. The van der Waals surface area contributed by atoms with E-state index in [9.17, 15) is 10.4 Å². The minimum atomic E-state index is -0.642. The normalized spacial score (nSPS) is 28.9. The Morgan fingerprint density at radius 2 is 2.15 bits per heavy atom. The summed E-state index contributed by atoms with van der Waals surface area (Å²) in [6.07, 6.45) is 3.21. The van der Waals surface area contributed by atoms with E-state index in [1.165, 1.54) is 11.3 Å². The van der Waals surface area contributed by atoms with Crippen LogP contribution in [0.5, 0.6) is 0 Å². The fourth-order valence-electron chi connectivity index (χ4n) is 3.18. The molecule has 1 heterocycles. The van der Waals surface area contributed by atoms with Gasteiger partial charge in [-0.05, 0) is 36.3 Å². The van der Waals surface area contributed by atoms with Crippen LogP contribution in [-0.4, -0.2) is 5.11 Å². The molecule has 1 aromatic rings. The number of rotatable bonds is 2. The van der Waals surface area contributed by atoms with Gasteiger partial charge in [-0.3, -0.25) is 0 Å². The van der Waals surface area contributed by atoms with Gasteiger partial charge in [0.15, 0.2) is 0 Å². The molecule has 110 valence electrons. The summed E-state index contributed by atoms with van der Waals surface area (Å²) in [5.74, 6) is 0.528. The largest absolute Gasteiger partial charge is 0.386 e. The molecule has 3 unspecified atom stereocenters. The lowest BCUT2D eigenvalue weighted by Gasteiger charge is -2.37. The molecule has 1 fully saturated rings. The van der Waals surface area contributed by atoms with Gasteiger partial charge in [0.25, 0.3) is 0 Å². The molecule has 20 heavy (non-hydrogen) atoms. The first kappa shape index (κ1) is 15.5. The van der Waals surface area contributed by atoms with Crippen molar-refractivity contribution >= 4 is 11.3 Å². The molecule has 1 aromatic heterocycles. The number of thiophene rings is 1. The van der Waals surface area contributed by atoms with Crippen molar-refractivity contribution < 1.29 is 5.11 Å². The summed E-state index contributed by atoms with van der Waals surface area (Å²) < 4.78 is 0. The van der Waals surface area contributed by atoms with Gasteiger partial charge < -0.3 is 5.11 Å². The first-order valence-corrected chi connectivity index (χ1v) is 8.30. The zero-order chi connectivity index (χ0) is 15.0. The number of nitriles is 1. The summed E-state index contributed by atoms with van der Waals surface area (Å²) in [6.45, 7) is 8.72. The minimum absolute atomic E-state index is 0.0995. The molecule has 0 amide bonds. The summed E-state index contributed by atoms with van der Waals surface area (Å²) in [5.41, 5.74) is -0.486. The molecule has 0 radical (unpaired) electrons. The molecule has 2 rings (SSSR count). The maximum Gasteiger partial charge on any atom is 0.107 e. The van der Waals surface area contributed by atoms with Gasteiger partial charge in [-0.2, -0.15) is 5.26 Å². The third kappa shape index (κ3) is 2.92. The Labute approximate surface area is 126 Å². The van der Waals surface area contributed by atoms with E-state index in [1.54, 1.807) is 11.3 Å². The van der Waals surface area contributed by atoms with E-state index < -0.39 is 11.5 Å². The fourth-order valence-corrected chi connectivity index (χ4v) is 4.35. The average molecular weight is 291 g/mol. The van der Waals surface area contributed by atoms with Crippen LogP contribution in [0.15, 0.2) is 12.1 Å². The lowest BCUT2D eigenvalue weighted by atomic mass is 9.67. The molecule has 1 aliphatic carbocycles. The maximum atomic E-state index is 10.8. The molecule has 3 heteroatoms. The van der Waals surface area contributed by atoms with Gasteiger partial charge in [0.05, 0.1) is 11.5 Å². The van der Waals surface area contributed by atoms with Crippen molar-refractivity contribution in [2.75, 3.05) is 0 Å². The first-order valence-electron chi connectivity index (χ1n) is 7.48. The van der Waals surface area contributed by atoms with Crippen molar-refractivity contribution in [1.82, 2.24) is 0 Å². The quantitative estimate of drug-likeness (QED) is 0.850. The van der Waals surface area contributed by atoms with E-state index in [-0.39, 0.29) is 5.41 Å². The van der Waals surface area contributed by atoms with Gasteiger partial charge in [-0.15, -0.1) is 11.3 Å². The number of hydrogen-bond donors (Lipinski definition) is 1. The molecule has 0 aliphatic heterocycles. The average Bonchev–Trinajstić information content (AvgIpc) is 2.87. The van der Waals surface area contributed by atoms with Crippen molar-refractivity contribution in [2.24, 2.45) is 11.3 Å². The van der Waals surface area contributed by atoms with Crippen LogP contribution >= 0.6 is 11.3 Å². The second kappa shape index (κ2) is 5.50. The Hall–Kier alpha value is -0.850. The van der Waals surface area contributed by atoms with Crippen LogP contribution < -0.4 is 0 Å². The van der Waals surface area contributed by atoms with Crippen molar-refractivity contribution in [3.8, 4) is 6.07 Å². The Kier molecular flexibility index (Phi) is 4.27. The van der Waals surface area contributed by atoms with Gasteiger partial charge in [0, 0.05) is 9.75 Å². The molecule has 3 atom stereocenters. The highest BCUT2D eigenvalue weighted by Crippen LogP contribution is 2.49. The standard InChI is InChI=1S/C17H25NOS/c1-12-6-5-9-17(10-12,11-18)15(19)13-7-8-14(20-13)16(2,3)4/h7-8,12,15,19H,5-6,9-10H2,1-4H3. The summed E-state index contributed by atoms with van der Waals surface area (Å²) in [5, 5.41) is 20.4. The van der Waals surface area contributed by atoms with E-state index in [0.29, 0.717) is 5.92 Å². The Bertz CT molecular complexity index is 508. The topological polar surface area (TPSA) is 44.0 Å². The predicted molar refractivity (Wildman–Crippen MR) is 83.7 cm³/mol. The third-order valence-corrected chi connectivity index (χ3v) is 5.98. The lowest BCUT2D eigenvalue weighted by molar-refractivity contribution is 0.0244. The van der Waals surface area contributed by atoms with Crippen LogP contribution in [0.4, 0.5) is 0 Å². The van der Waals surface area contributed by atoms with Crippen molar-refractivity contribution in [1.29, 1.82) is 5.26 Å². The number of hydrogen-bond acceptors (Lipinski definition) is 3. The van der Waals surface area contributed by atoms with Gasteiger partial charge in [-0.25, -0.2) is 0 Å². The van der Waals surface area contributed by atoms with E-state index in [1.807, 2.05) is 6.07 Å². The molecule has 1 N–H and O–H groups in total. The molecule has 2 nitrogen and oxygen atoms in total. The SMILES string of the molecule is CC1CCCC(C#N)(C(O)c2ccc(C(C)(C)C)s2)C1. The maximum absolute atomic E-state index is 10.8. The molecule has 0 saturated heterocycles. The highest BCUT2D eigenvalue weighted by atomic mass is 32.1. The molecule has 0 aromatic carbocycles. The van der Waals surface area contributed by atoms with Crippen LogP contribution in [0.1, 0.15) is 69.2 Å². The van der Waals surface area contributed by atoms with Gasteiger partial charge in [0.2, 0.25) is 0 Å². The van der Waals surface area contributed by atoms with Gasteiger partial charge in [-0.1, -0.05) is 40.5 Å². The fraction of sp³-hybridized carbons (Fsp3) is 0.706. The highest BCUT2D eigenvalue weighted by molar-refractivity contribution is 7.12. The number of aliphatic hydroxyl groups excluding tert-OH is 1. The Balaban J connectivity index is 2.27. The zero-order valence-electron chi connectivity index (χ0n) is 12.9. The third-order valence-electron chi connectivity index (χ3n) is 4.41. The van der Waals surface area contributed by atoms with E-state index in [0.717, 1.165) is 24.1 Å². The minimum Gasteiger partial charge on any atom is -0.386 e. The van der Waals surface area contributed by atoms with Gasteiger partial charge in [0.1, 0.15) is 6.10 Å². The lowest BCUT2D eigenvalue weighted by Crippen LogP contribution is -2.32. The monoisotopic (exact) mass is 291 g/mol. The molecule has 1 aliphatic rings. The molecule has 0 bridgehead atoms. The van der Waals surface area contributed by atoms with Crippen LogP contribution in [0, 0.1) is 22.7 Å². The van der Waals surface area contributed by atoms with E-state index in [2.05, 4.69) is 39.8 Å². The summed E-state index contributed by atoms with van der Waals surface area (Å²) in [4.78, 5) is 2.22. The van der Waals surface area contributed by atoms with E-state index in [4.69, 9.17) is 0 Å². The Morgan fingerprint density at radius 1 is 1.45 bits per heavy atom. The smallest absolute Gasteiger partial charge is 0.107 e. The molecule has 1 saturated carbocycles. The first-order chi connectivity index (χ1) is 9.28. The second-order valence-electron chi connectivity index (χ2n) is 7.32. The van der Waals surface area contributed by atoms with Gasteiger partial charge >= 0.3 is 0 Å². The van der Waals surface area contributed by atoms with Crippen LogP contribution in [0.3, 0.4) is 0 Å². The van der Waals surface area contributed by atoms with Crippen molar-refractivity contribution in [3.05, 3.63) is 21.9 Å². The van der Waals surface area contributed by atoms with Crippen LogP contribution in [-0.2, 0) is 5.41 Å². The van der Waals surface area contributed by atoms with Crippen molar-refractivity contribution in [3.63, 3.8) is 0 Å². The predicted octanol–water partition coefficient (Wildman–Crippen LogP) is 4.80. The second-order valence-corrected chi connectivity index (χ2v) is 8.44. The number of nitrogens with zero attached hydrogens (tertiary/aromatic N) is 1. The Morgan fingerprint density at radius 3 is 2.65 bits per heavy atom. The molecular formula is C17H25NOS. The summed E-state index contributed by atoms with van der Waals surface area (Å²) in [6, 6.07) is 6.56. The van der Waals surface area contributed by atoms with Crippen LogP contribution in [0.2, 0.25) is 0 Å². The molecule has 0 spiro atoms. The summed E-state index contributed by atoms with van der Waals surface area (Å²) >= 11 is 1.66. The summed E-state index contributed by atoms with van der Waals surface area (Å²) in [7, 11) is 0.